The van der Waals surface area contributed by atoms with Gasteiger partial charge in [0.2, 0.25) is 0 Å². The predicted molar refractivity (Wildman–Crippen MR) is 129 cm³/mol. The molecule has 0 fully saturated rings. The zero-order chi connectivity index (χ0) is 23.9. The Morgan fingerprint density at radius 3 is 1.28 bits per heavy atom. The average Bonchev–Trinajstić information content (AvgIpc) is 2.78. The van der Waals surface area contributed by atoms with E-state index in [9.17, 15) is 0 Å². The summed E-state index contributed by atoms with van der Waals surface area (Å²) in [5.74, 6) is 0. The van der Waals surface area contributed by atoms with Crippen LogP contribution in [0.25, 0.3) is 11.1 Å². The second-order valence-electron chi connectivity index (χ2n) is 8.27. The van der Waals surface area contributed by atoms with E-state index in [1.54, 1.807) is 26.7 Å². The number of hydrogen-bond donors (Lipinski definition) is 0. The monoisotopic (exact) mass is 450 g/mol. The van der Waals surface area contributed by atoms with Crippen LogP contribution in [0.2, 0.25) is 0 Å². The van der Waals surface area contributed by atoms with Crippen LogP contribution in [-0.4, -0.2) is 65.1 Å². The van der Waals surface area contributed by atoms with Gasteiger partial charge in [-0.05, 0) is 63.8 Å². The molecule has 0 saturated heterocycles. The van der Waals surface area contributed by atoms with Gasteiger partial charge in [0.05, 0.1) is 51.2 Å². The minimum atomic E-state index is -0.0330. The molecule has 182 valence electrons. The van der Waals surface area contributed by atoms with Gasteiger partial charge in [0.1, 0.15) is 12.2 Å². The van der Waals surface area contributed by atoms with Gasteiger partial charge in [0, 0.05) is 14.2 Å². The summed E-state index contributed by atoms with van der Waals surface area (Å²) in [5.41, 5.74) is 4.33. The summed E-state index contributed by atoms with van der Waals surface area (Å²) in [7, 11) is 3.34. The fraction of sp³-hybridized carbons (Fsp3) is 0.615. The van der Waals surface area contributed by atoms with Crippen LogP contribution in [0.15, 0.2) is 36.8 Å². The minimum Gasteiger partial charge on any atom is -0.496 e. The summed E-state index contributed by atoms with van der Waals surface area (Å²) in [6, 6.07) is 8.34. The third-order valence-electron chi connectivity index (χ3n) is 4.78. The van der Waals surface area contributed by atoms with Crippen molar-refractivity contribution in [2.45, 2.75) is 66.0 Å². The van der Waals surface area contributed by atoms with Crippen LogP contribution in [0.3, 0.4) is 0 Å². The number of benzene rings is 1. The van der Waals surface area contributed by atoms with Crippen LogP contribution in [0, 0.1) is 0 Å². The van der Waals surface area contributed by atoms with E-state index in [-0.39, 0.29) is 24.4 Å². The molecule has 4 unspecified atom stereocenters. The average molecular weight is 451 g/mol. The highest BCUT2D eigenvalue weighted by atomic mass is 16.6. The molecule has 1 rings (SSSR count). The lowest BCUT2D eigenvalue weighted by Crippen LogP contribution is -2.21. The highest BCUT2D eigenvalue weighted by Gasteiger charge is 2.08. The van der Waals surface area contributed by atoms with E-state index in [1.165, 1.54) is 0 Å². The lowest BCUT2D eigenvalue weighted by Gasteiger charge is -2.17. The molecule has 0 amide bonds. The molecular formula is C26H42O6. The molecule has 1 aromatic carbocycles. The Morgan fingerprint density at radius 1 is 0.625 bits per heavy atom. The molecule has 1 aromatic rings. The van der Waals surface area contributed by atoms with Gasteiger partial charge in [-0.2, -0.15) is 0 Å². The molecule has 6 nitrogen and oxygen atoms in total. The summed E-state index contributed by atoms with van der Waals surface area (Å²) in [5, 5.41) is 0. The zero-order valence-corrected chi connectivity index (χ0v) is 21.1. The molecule has 0 N–H and O–H groups in total. The van der Waals surface area contributed by atoms with Crippen LogP contribution < -0.4 is 0 Å². The van der Waals surface area contributed by atoms with Gasteiger partial charge in [-0.3, -0.25) is 0 Å². The normalized spacial score (nSPS) is 16.4. The molecule has 0 spiro atoms. The van der Waals surface area contributed by atoms with Gasteiger partial charge in [0.25, 0.3) is 0 Å². The van der Waals surface area contributed by atoms with Crippen molar-refractivity contribution >= 4 is 11.1 Å². The minimum absolute atomic E-state index is 0.0330. The van der Waals surface area contributed by atoms with Crippen LogP contribution in [0.4, 0.5) is 0 Å². The Labute approximate surface area is 194 Å². The molecule has 0 heterocycles. The SMILES string of the molecule is COCC(C)OCC(C)O/C=C(\C)c1ccc(/C(C)=C/OC(C)COC(C)COC)cc1. The summed E-state index contributed by atoms with van der Waals surface area (Å²) in [6.45, 7) is 14.2. The van der Waals surface area contributed by atoms with E-state index in [0.717, 1.165) is 22.3 Å². The topological polar surface area (TPSA) is 55.4 Å². The largest absolute Gasteiger partial charge is 0.496 e. The van der Waals surface area contributed by atoms with Crippen molar-refractivity contribution in [3.05, 3.63) is 47.9 Å². The molecule has 4 atom stereocenters. The lowest BCUT2D eigenvalue weighted by molar-refractivity contribution is -0.0302. The first-order valence-corrected chi connectivity index (χ1v) is 11.2. The Kier molecular flexibility index (Phi) is 14.0. The third-order valence-corrected chi connectivity index (χ3v) is 4.78. The smallest absolute Gasteiger partial charge is 0.118 e. The molecule has 32 heavy (non-hydrogen) atoms. The van der Waals surface area contributed by atoms with Crippen molar-refractivity contribution in [1.82, 2.24) is 0 Å². The van der Waals surface area contributed by atoms with Gasteiger partial charge in [0.15, 0.2) is 0 Å². The summed E-state index contributed by atoms with van der Waals surface area (Å²) < 4.78 is 33.1. The van der Waals surface area contributed by atoms with Gasteiger partial charge in [-0.25, -0.2) is 0 Å². The summed E-state index contributed by atoms with van der Waals surface area (Å²) in [6.07, 6.45) is 3.63. The maximum absolute atomic E-state index is 5.81. The first-order valence-electron chi connectivity index (χ1n) is 11.2. The van der Waals surface area contributed by atoms with Gasteiger partial charge in [-0.15, -0.1) is 0 Å². The van der Waals surface area contributed by atoms with E-state index in [2.05, 4.69) is 24.3 Å². The number of rotatable bonds is 16. The van der Waals surface area contributed by atoms with E-state index in [4.69, 9.17) is 28.4 Å². The number of methoxy groups -OCH3 is 2. The van der Waals surface area contributed by atoms with Crippen molar-refractivity contribution in [2.24, 2.45) is 0 Å². The number of hydrogen-bond acceptors (Lipinski definition) is 6. The van der Waals surface area contributed by atoms with E-state index in [0.29, 0.717) is 26.4 Å². The van der Waals surface area contributed by atoms with Gasteiger partial charge in [-0.1, -0.05) is 24.3 Å². The van der Waals surface area contributed by atoms with Crippen molar-refractivity contribution in [3.63, 3.8) is 0 Å². The first kappa shape index (κ1) is 28.2. The highest BCUT2D eigenvalue weighted by Crippen LogP contribution is 2.20. The van der Waals surface area contributed by atoms with E-state index in [1.807, 2.05) is 41.5 Å². The van der Waals surface area contributed by atoms with Crippen LogP contribution in [0.5, 0.6) is 0 Å². The van der Waals surface area contributed by atoms with E-state index >= 15 is 0 Å². The molecule has 0 radical (unpaired) electrons. The predicted octanol–water partition coefficient (Wildman–Crippen LogP) is 5.32. The third kappa shape index (κ3) is 11.7. The molecule has 0 aromatic heterocycles. The standard InChI is InChI=1S/C26H42O6/c1-19(13-29-23(5)17-31-21(3)15-27-7)25-9-11-26(12-10-25)20(2)14-30-24(6)18-32-22(4)16-28-8/h9-14,21-24H,15-18H2,1-8H3/b19-13+,20-14+. The molecular weight excluding hydrogens is 408 g/mol. The van der Waals surface area contributed by atoms with Gasteiger partial charge < -0.3 is 28.4 Å². The molecule has 0 saturated carbocycles. The molecule has 6 heteroatoms. The van der Waals surface area contributed by atoms with E-state index < -0.39 is 0 Å². The molecule has 0 aliphatic heterocycles. The van der Waals surface area contributed by atoms with Crippen molar-refractivity contribution < 1.29 is 28.4 Å². The summed E-state index contributed by atoms with van der Waals surface area (Å²) >= 11 is 0. The number of ether oxygens (including phenoxy) is 6. The van der Waals surface area contributed by atoms with Gasteiger partial charge >= 0.3 is 0 Å². The van der Waals surface area contributed by atoms with Crippen molar-refractivity contribution in [1.29, 1.82) is 0 Å². The Balaban J connectivity index is 2.52. The van der Waals surface area contributed by atoms with Crippen LogP contribution in [0.1, 0.15) is 52.7 Å². The Morgan fingerprint density at radius 2 is 0.969 bits per heavy atom. The molecule has 0 bridgehead atoms. The maximum atomic E-state index is 5.81. The number of allylic oxidation sites excluding steroid dienone is 2. The Hall–Kier alpha value is -1.86. The molecule has 0 aliphatic rings. The second-order valence-corrected chi connectivity index (χ2v) is 8.27. The van der Waals surface area contributed by atoms with Crippen molar-refractivity contribution in [2.75, 3.05) is 40.6 Å². The molecule has 0 aliphatic carbocycles. The van der Waals surface area contributed by atoms with Crippen molar-refractivity contribution in [3.8, 4) is 0 Å². The van der Waals surface area contributed by atoms with Crippen LogP contribution >= 0.6 is 0 Å². The second kappa shape index (κ2) is 15.9. The Bertz CT molecular complexity index is 623. The quantitative estimate of drug-likeness (QED) is 0.318. The zero-order valence-electron chi connectivity index (χ0n) is 21.1. The lowest BCUT2D eigenvalue weighted by atomic mass is 10.0. The fourth-order valence-corrected chi connectivity index (χ4v) is 2.81. The highest BCUT2D eigenvalue weighted by molar-refractivity contribution is 5.68. The fourth-order valence-electron chi connectivity index (χ4n) is 2.81. The van der Waals surface area contributed by atoms with Crippen LogP contribution in [-0.2, 0) is 28.4 Å². The maximum Gasteiger partial charge on any atom is 0.118 e. The summed E-state index contributed by atoms with van der Waals surface area (Å²) in [4.78, 5) is 0. The first-order chi connectivity index (χ1) is 15.3.